The van der Waals surface area contributed by atoms with Gasteiger partial charge in [0, 0.05) is 0 Å². The van der Waals surface area contributed by atoms with E-state index in [4.69, 9.17) is 10.2 Å². The first-order chi connectivity index (χ1) is 8.59. The normalized spacial score (nSPS) is 10.1. The molecule has 0 aliphatic heterocycles. The second-order valence-electron chi connectivity index (χ2n) is 4.49. The Morgan fingerprint density at radius 3 is 1.72 bits per heavy atom. The molecule has 0 aliphatic rings. The van der Waals surface area contributed by atoms with Gasteiger partial charge >= 0.3 is 11.9 Å². The molecule has 0 rings (SSSR count). The average Bonchev–Trinajstić information content (AvgIpc) is 2.30. The van der Waals surface area contributed by atoms with E-state index >= 15 is 0 Å². The van der Waals surface area contributed by atoms with Gasteiger partial charge in [-0.3, -0.25) is 0 Å². The number of unbranched alkanes of at least 4 members (excludes halogenated alkanes) is 8. The SMILES string of the molecule is CCCCCCCCCCC=C(C(=O)O)C(=O)O. The topological polar surface area (TPSA) is 74.6 Å². The first-order valence-corrected chi connectivity index (χ1v) is 6.76. The van der Waals surface area contributed by atoms with Crippen LogP contribution in [0, 0.1) is 0 Å². The van der Waals surface area contributed by atoms with Crippen LogP contribution in [0.3, 0.4) is 0 Å². The Balaban J connectivity index is 3.57. The van der Waals surface area contributed by atoms with Crippen LogP contribution in [0.4, 0.5) is 0 Å². The molecule has 4 heteroatoms. The Morgan fingerprint density at radius 2 is 1.28 bits per heavy atom. The Labute approximate surface area is 109 Å². The second kappa shape index (κ2) is 10.8. The highest BCUT2D eigenvalue weighted by atomic mass is 16.4. The minimum absolute atomic E-state index is 0.516. The maximum absolute atomic E-state index is 10.6. The summed E-state index contributed by atoms with van der Waals surface area (Å²) in [7, 11) is 0. The molecule has 0 bridgehead atoms. The van der Waals surface area contributed by atoms with Crippen LogP contribution in [0.5, 0.6) is 0 Å². The first kappa shape index (κ1) is 16.7. The van der Waals surface area contributed by atoms with E-state index in [0.717, 1.165) is 19.3 Å². The van der Waals surface area contributed by atoms with Crippen LogP contribution in [0.1, 0.15) is 64.7 Å². The summed E-state index contributed by atoms with van der Waals surface area (Å²) < 4.78 is 0. The summed E-state index contributed by atoms with van der Waals surface area (Å²) >= 11 is 0. The zero-order valence-corrected chi connectivity index (χ0v) is 11.2. The van der Waals surface area contributed by atoms with Crippen molar-refractivity contribution in [3.05, 3.63) is 11.6 Å². The number of aliphatic carboxylic acids is 2. The second-order valence-corrected chi connectivity index (χ2v) is 4.49. The Kier molecular flexibility index (Phi) is 10.0. The van der Waals surface area contributed by atoms with Crippen LogP contribution < -0.4 is 0 Å². The van der Waals surface area contributed by atoms with E-state index in [2.05, 4.69) is 6.92 Å². The highest BCUT2D eigenvalue weighted by molar-refractivity contribution is 6.12. The van der Waals surface area contributed by atoms with E-state index in [1.54, 1.807) is 0 Å². The standard InChI is InChI=1S/C14H24O4/c1-2-3-4-5-6-7-8-9-10-11-12(13(15)16)14(17)18/h11H,2-10H2,1H3,(H,15,16)(H,17,18). The van der Waals surface area contributed by atoms with E-state index in [-0.39, 0.29) is 0 Å². The fourth-order valence-corrected chi connectivity index (χ4v) is 1.79. The highest BCUT2D eigenvalue weighted by Crippen LogP contribution is 2.10. The fraction of sp³-hybridized carbons (Fsp3) is 0.714. The van der Waals surface area contributed by atoms with Gasteiger partial charge in [0.2, 0.25) is 0 Å². The zero-order chi connectivity index (χ0) is 13.8. The summed E-state index contributed by atoms with van der Waals surface area (Å²) in [6.07, 6.45) is 11.2. The summed E-state index contributed by atoms with van der Waals surface area (Å²) in [5.41, 5.74) is -0.516. The summed E-state index contributed by atoms with van der Waals surface area (Å²) in [4.78, 5) is 21.1. The molecule has 0 radical (unpaired) electrons. The molecule has 0 spiro atoms. The lowest BCUT2D eigenvalue weighted by Gasteiger charge is -2.00. The van der Waals surface area contributed by atoms with Crippen molar-refractivity contribution in [3.63, 3.8) is 0 Å². The molecular formula is C14H24O4. The number of hydrogen-bond acceptors (Lipinski definition) is 2. The Bertz CT molecular complexity index is 266. The minimum Gasteiger partial charge on any atom is -0.477 e. The quantitative estimate of drug-likeness (QED) is 0.256. The van der Waals surface area contributed by atoms with E-state index in [1.807, 2.05) is 0 Å². The number of rotatable bonds is 11. The predicted molar refractivity (Wildman–Crippen MR) is 70.6 cm³/mol. The van der Waals surface area contributed by atoms with Gasteiger partial charge in [-0.15, -0.1) is 0 Å². The third-order valence-electron chi connectivity index (χ3n) is 2.87. The van der Waals surface area contributed by atoms with Gasteiger partial charge in [-0.1, -0.05) is 57.9 Å². The van der Waals surface area contributed by atoms with Crippen LogP contribution in [-0.4, -0.2) is 22.2 Å². The van der Waals surface area contributed by atoms with Gasteiger partial charge in [0.15, 0.2) is 0 Å². The highest BCUT2D eigenvalue weighted by Gasteiger charge is 2.14. The zero-order valence-electron chi connectivity index (χ0n) is 11.2. The van der Waals surface area contributed by atoms with Gasteiger partial charge in [0.25, 0.3) is 0 Å². The van der Waals surface area contributed by atoms with E-state index in [9.17, 15) is 9.59 Å². The molecule has 0 aromatic rings. The third kappa shape index (κ3) is 8.79. The summed E-state index contributed by atoms with van der Waals surface area (Å²) in [5.74, 6) is -2.72. The molecule has 0 aromatic heterocycles. The van der Waals surface area contributed by atoms with Gasteiger partial charge < -0.3 is 10.2 Å². The summed E-state index contributed by atoms with van der Waals surface area (Å²) in [5, 5.41) is 17.2. The average molecular weight is 256 g/mol. The number of hydrogen-bond donors (Lipinski definition) is 2. The fourth-order valence-electron chi connectivity index (χ4n) is 1.79. The molecule has 0 unspecified atom stereocenters. The maximum atomic E-state index is 10.6. The lowest BCUT2D eigenvalue weighted by atomic mass is 10.1. The lowest BCUT2D eigenvalue weighted by molar-refractivity contribution is -0.140. The molecule has 0 fully saturated rings. The van der Waals surface area contributed by atoms with Crippen LogP contribution >= 0.6 is 0 Å². The molecule has 0 aromatic carbocycles. The van der Waals surface area contributed by atoms with Gasteiger partial charge in [-0.2, -0.15) is 0 Å². The Hall–Kier alpha value is -1.32. The molecule has 4 nitrogen and oxygen atoms in total. The molecule has 0 aliphatic carbocycles. The van der Waals surface area contributed by atoms with Crippen molar-refractivity contribution >= 4 is 11.9 Å². The van der Waals surface area contributed by atoms with E-state index in [0.29, 0.717) is 6.42 Å². The van der Waals surface area contributed by atoms with Crippen LogP contribution in [0.25, 0.3) is 0 Å². The van der Waals surface area contributed by atoms with Gasteiger partial charge in [-0.05, 0) is 12.8 Å². The number of carbonyl (C=O) groups is 2. The number of carboxylic acid groups (broad SMARTS) is 2. The Morgan fingerprint density at radius 1 is 0.833 bits per heavy atom. The van der Waals surface area contributed by atoms with Crippen molar-refractivity contribution in [1.82, 2.24) is 0 Å². The minimum atomic E-state index is -1.36. The number of carboxylic acids is 2. The van der Waals surface area contributed by atoms with Crippen molar-refractivity contribution in [2.75, 3.05) is 0 Å². The van der Waals surface area contributed by atoms with Crippen LogP contribution in [0.15, 0.2) is 11.6 Å². The van der Waals surface area contributed by atoms with Gasteiger partial charge in [0.1, 0.15) is 5.57 Å². The molecule has 2 N–H and O–H groups in total. The molecular weight excluding hydrogens is 232 g/mol. The van der Waals surface area contributed by atoms with Crippen LogP contribution in [0.2, 0.25) is 0 Å². The summed E-state index contributed by atoms with van der Waals surface area (Å²) in [6.45, 7) is 2.19. The number of allylic oxidation sites excluding steroid dienone is 1. The van der Waals surface area contributed by atoms with Crippen molar-refractivity contribution in [2.45, 2.75) is 64.7 Å². The van der Waals surface area contributed by atoms with Crippen LogP contribution in [-0.2, 0) is 9.59 Å². The predicted octanol–water partition coefficient (Wildman–Crippen LogP) is 3.61. The summed E-state index contributed by atoms with van der Waals surface area (Å²) in [6, 6.07) is 0. The van der Waals surface area contributed by atoms with Crippen molar-refractivity contribution in [3.8, 4) is 0 Å². The lowest BCUT2D eigenvalue weighted by Crippen LogP contribution is -2.10. The van der Waals surface area contributed by atoms with Gasteiger partial charge in [-0.25, -0.2) is 9.59 Å². The molecule has 0 amide bonds. The molecule has 0 saturated carbocycles. The molecule has 104 valence electrons. The monoisotopic (exact) mass is 256 g/mol. The van der Waals surface area contributed by atoms with E-state index < -0.39 is 17.5 Å². The third-order valence-corrected chi connectivity index (χ3v) is 2.87. The van der Waals surface area contributed by atoms with E-state index in [1.165, 1.54) is 38.2 Å². The van der Waals surface area contributed by atoms with Gasteiger partial charge in [0.05, 0.1) is 0 Å². The molecule has 18 heavy (non-hydrogen) atoms. The van der Waals surface area contributed by atoms with Crippen molar-refractivity contribution < 1.29 is 19.8 Å². The first-order valence-electron chi connectivity index (χ1n) is 6.76. The molecule has 0 saturated heterocycles. The molecule has 0 heterocycles. The van der Waals surface area contributed by atoms with Crippen molar-refractivity contribution in [1.29, 1.82) is 0 Å². The smallest absolute Gasteiger partial charge is 0.342 e. The maximum Gasteiger partial charge on any atom is 0.342 e. The van der Waals surface area contributed by atoms with Crippen molar-refractivity contribution in [2.24, 2.45) is 0 Å². The molecule has 0 atom stereocenters. The largest absolute Gasteiger partial charge is 0.477 e.